The van der Waals surface area contributed by atoms with E-state index in [9.17, 15) is 0 Å². The average molecular weight is 463 g/mol. The average Bonchev–Trinajstić information content (AvgIpc) is 3.01. The zero-order chi connectivity index (χ0) is 23.5. The van der Waals surface area contributed by atoms with E-state index in [1.54, 1.807) is 0 Å². The smallest absolute Gasteiger partial charge is 0.356 e. The lowest BCUT2D eigenvalue weighted by molar-refractivity contribution is 0.160. The molecule has 0 saturated carbocycles. The van der Waals surface area contributed by atoms with Crippen LogP contribution in [-0.4, -0.2) is 44.2 Å². The van der Waals surface area contributed by atoms with Crippen molar-refractivity contribution in [3.05, 3.63) is 11.9 Å². The molecule has 0 radical (unpaired) electrons. The number of allylic oxidation sites excluding steroid dienone is 1. The van der Waals surface area contributed by atoms with E-state index >= 15 is 0 Å². The maximum absolute atomic E-state index is 8.88. The molecule has 6 nitrogen and oxygen atoms in total. The van der Waals surface area contributed by atoms with Crippen molar-refractivity contribution in [3.63, 3.8) is 0 Å². The van der Waals surface area contributed by atoms with Gasteiger partial charge in [-0.1, -0.05) is 104 Å². The number of hydrogen-bond donors (Lipinski definition) is 3. The third-order valence-electron chi connectivity index (χ3n) is 6.10. The largest absolute Gasteiger partial charge is 0.466 e. The van der Waals surface area contributed by atoms with E-state index in [4.69, 9.17) is 19.2 Å². The zero-order valence-electron chi connectivity index (χ0n) is 20.8. The fourth-order valence-electron chi connectivity index (χ4n) is 4.33. The van der Waals surface area contributed by atoms with Crippen LogP contribution in [0.2, 0.25) is 0 Å². The van der Waals surface area contributed by atoms with Gasteiger partial charge in [0.2, 0.25) is 0 Å². The Bertz CT molecular complexity index is 488. The van der Waals surface area contributed by atoms with E-state index in [-0.39, 0.29) is 0 Å². The summed E-state index contributed by atoms with van der Waals surface area (Å²) in [5, 5.41) is 0. The highest BCUT2D eigenvalue weighted by Gasteiger charge is 2.26. The van der Waals surface area contributed by atoms with Crippen molar-refractivity contribution in [2.45, 2.75) is 130 Å². The second kappa shape index (κ2) is 19.0. The molecule has 0 spiro atoms. The molecular weight excluding hydrogens is 411 g/mol. The lowest BCUT2D eigenvalue weighted by Crippen LogP contribution is -2.37. The molecule has 0 aromatic carbocycles. The number of rotatable bonds is 17. The van der Waals surface area contributed by atoms with Crippen LogP contribution in [0.15, 0.2) is 11.9 Å². The van der Waals surface area contributed by atoms with Gasteiger partial charge in [-0.15, -0.1) is 0 Å². The van der Waals surface area contributed by atoms with Gasteiger partial charge < -0.3 is 24.5 Å². The van der Waals surface area contributed by atoms with Crippen molar-refractivity contribution in [1.82, 2.24) is 9.80 Å². The van der Waals surface area contributed by atoms with Gasteiger partial charge in [0.05, 0.1) is 0 Å². The topological polar surface area (TPSA) is 84.2 Å². The van der Waals surface area contributed by atoms with Crippen molar-refractivity contribution in [2.75, 3.05) is 13.6 Å². The predicted molar refractivity (Wildman–Crippen MR) is 131 cm³/mol. The predicted octanol–water partition coefficient (Wildman–Crippen LogP) is 6.77. The number of phosphoric acid groups is 1. The molecule has 7 heteroatoms. The molecule has 3 N–H and O–H groups in total. The zero-order valence-corrected chi connectivity index (χ0v) is 21.7. The highest BCUT2D eigenvalue weighted by Crippen LogP contribution is 2.26. The Hall–Kier alpha value is -0.550. The van der Waals surface area contributed by atoms with Gasteiger partial charge in [-0.2, -0.15) is 0 Å². The van der Waals surface area contributed by atoms with Crippen LogP contribution in [0.25, 0.3) is 0 Å². The van der Waals surface area contributed by atoms with Gasteiger partial charge >= 0.3 is 7.82 Å². The summed E-state index contributed by atoms with van der Waals surface area (Å²) in [7, 11) is -2.38. The fourth-order valence-corrected chi connectivity index (χ4v) is 4.33. The number of unbranched alkanes of at least 4 members (excludes halogenated alkanes) is 13. The second-order valence-electron chi connectivity index (χ2n) is 8.82. The summed E-state index contributed by atoms with van der Waals surface area (Å²) in [4.78, 5) is 26.6. The molecule has 186 valence electrons. The van der Waals surface area contributed by atoms with E-state index in [1.165, 1.54) is 109 Å². The minimum Gasteiger partial charge on any atom is -0.356 e. The number of nitrogens with zero attached hydrogens (tertiary/aromatic N) is 2. The first-order chi connectivity index (χ1) is 14.7. The quantitative estimate of drug-likeness (QED) is 0.163. The van der Waals surface area contributed by atoms with Crippen molar-refractivity contribution in [1.29, 1.82) is 0 Å². The van der Waals surface area contributed by atoms with Gasteiger partial charge in [0.1, 0.15) is 6.17 Å². The van der Waals surface area contributed by atoms with Gasteiger partial charge in [-0.3, -0.25) is 0 Å². The summed E-state index contributed by atoms with van der Waals surface area (Å²) < 4.78 is 8.88. The van der Waals surface area contributed by atoms with Gasteiger partial charge in [-0.25, -0.2) is 4.57 Å². The van der Waals surface area contributed by atoms with Gasteiger partial charge in [0, 0.05) is 25.5 Å². The molecule has 0 aromatic heterocycles. The van der Waals surface area contributed by atoms with Gasteiger partial charge in [-0.05, 0) is 19.3 Å². The molecule has 1 aliphatic rings. The van der Waals surface area contributed by atoms with Crippen LogP contribution in [0, 0.1) is 0 Å². The molecule has 0 bridgehead atoms. The first-order valence-electron chi connectivity index (χ1n) is 12.7. The standard InChI is InChI=1S/C24H48N2.H3O4P/c1-5-8-9-10-11-12-13-14-15-16-17-18-19-20-21-26-22-23(6-2)25(4)24(26)7-3;1-5(2,3)4/h22,24H,5-21H2,1-4H3;(H3,1,2,3,4). The number of hydrogen-bond acceptors (Lipinski definition) is 3. The van der Waals surface area contributed by atoms with E-state index in [2.05, 4.69) is 43.8 Å². The molecule has 1 heterocycles. The van der Waals surface area contributed by atoms with Crippen LogP contribution in [-0.2, 0) is 4.57 Å². The summed E-state index contributed by atoms with van der Waals surface area (Å²) in [5.74, 6) is 0. The SMILES string of the molecule is CCCCCCCCCCCCCCCCN1C=C(CC)N(C)C1CC.O=P(O)(O)O. The Kier molecular flexibility index (Phi) is 18.6. The highest BCUT2D eigenvalue weighted by molar-refractivity contribution is 7.45. The lowest BCUT2D eigenvalue weighted by atomic mass is 10.0. The van der Waals surface area contributed by atoms with Crippen LogP contribution < -0.4 is 0 Å². The maximum Gasteiger partial charge on any atom is 0.466 e. The molecule has 0 aromatic rings. The molecule has 1 atom stereocenters. The summed E-state index contributed by atoms with van der Waals surface area (Å²) in [5.41, 5.74) is 1.50. The summed E-state index contributed by atoms with van der Waals surface area (Å²) in [6.45, 7) is 8.12. The normalized spacial score (nSPS) is 16.4. The molecule has 0 fully saturated rings. The van der Waals surface area contributed by atoms with E-state index < -0.39 is 7.82 Å². The molecule has 1 aliphatic heterocycles. The Labute approximate surface area is 192 Å². The van der Waals surface area contributed by atoms with Crippen molar-refractivity contribution in [3.8, 4) is 0 Å². The van der Waals surface area contributed by atoms with Crippen LogP contribution in [0.1, 0.15) is 124 Å². The maximum atomic E-state index is 8.88. The molecule has 31 heavy (non-hydrogen) atoms. The Morgan fingerprint density at radius 3 is 1.52 bits per heavy atom. The van der Waals surface area contributed by atoms with Gasteiger partial charge in [0.15, 0.2) is 0 Å². The van der Waals surface area contributed by atoms with Crippen LogP contribution in [0.4, 0.5) is 0 Å². The third-order valence-corrected chi connectivity index (χ3v) is 6.10. The molecule has 0 amide bonds. The first kappa shape index (κ1) is 30.4. The minimum absolute atomic E-state index is 0.604. The monoisotopic (exact) mass is 462 g/mol. The third kappa shape index (κ3) is 17.7. The van der Waals surface area contributed by atoms with E-state index in [1.807, 2.05) is 0 Å². The summed E-state index contributed by atoms with van der Waals surface area (Å²) in [6.07, 6.45) is 25.6. The Balaban J connectivity index is 0.00000161. The highest BCUT2D eigenvalue weighted by atomic mass is 31.2. The molecule has 1 rings (SSSR count). The van der Waals surface area contributed by atoms with Crippen LogP contribution in [0.3, 0.4) is 0 Å². The molecule has 0 saturated heterocycles. The summed E-state index contributed by atoms with van der Waals surface area (Å²) in [6, 6.07) is 0. The Morgan fingerprint density at radius 1 is 0.774 bits per heavy atom. The fraction of sp³-hybridized carbons (Fsp3) is 0.917. The Morgan fingerprint density at radius 2 is 1.16 bits per heavy atom. The second-order valence-corrected chi connectivity index (χ2v) is 9.85. The lowest BCUT2D eigenvalue weighted by Gasteiger charge is -2.30. The minimum atomic E-state index is -4.64. The molecular formula is C24H51N2O4P. The van der Waals surface area contributed by atoms with Crippen LogP contribution in [0.5, 0.6) is 0 Å². The summed E-state index contributed by atoms with van der Waals surface area (Å²) >= 11 is 0. The van der Waals surface area contributed by atoms with E-state index in [0.29, 0.717) is 6.17 Å². The van der Waals surface area contributed by atoms with Crippen molar-refractivity contribution in [2.24, 2.45) is 0 Å². The van der Waals surface area contributed by atoms with E-state index in [0.717, 1.165) is 6.42 Å². The van der Waals surface area contributed by atoms with Crippen molar-refractivity contribution < 1.29 is 19.2 Å². The van der Waals surface area contributed by atoms with Gasteiger partial charge in [0.25, 0.3) is 0 Å². The molecule has 1 unspecified atom stereocenters. The molecule has 0 aliphatic carbocycles. The van der Waals surface area contributed by atoms with Crippen molar-refractivity contribution >= 4 is 7.82 Å². The van der Waals surface area contributed by atoms with Crippen LogP contribution >= 0.6 is 7.82 Å². The first-order valence-corrected chi connectivity index (χ1v) is 14.3.